The standard InChI is InChI=1S/C11H15BrN2O2/c1-3-8(2)7-13-9-4-5-11(14(15)16)10(12)6-9/h4-6,8,13H,3,7H2,1-2H3. The Balaban J connectivity index is 2.70. The van der Waals surface area contributed by atoms with Gasteiger partial charge in [-0.15, -0.1) is 0 Å². The molecule has 1 aromatic carbocycles. The van der Waals surface area contributed by atoms with Crippen LogP contribution in [0.1, 0.15) is 20.3 Å². The van der Waals surface area contributed by atoms with E-state index in [2.05, 4.69) is 35.1 Å². The van der Waals surface area contributed by atoms with Crippen molar-refractivity contribution < 1.29 is 4.92 Å². The summed E-state index contributed by atoms with van der Waals surface area (Å²) in [5.41, 5.74) is 0.992. The smallest absolute Gasteiger partial charge is 0.283 e. The van der Waals surface area contributed by atoms with Crippen molar-refractivity contribution in [2.45, 2.75) is 20.3 Å². The van der Waals surface area contributed by atoms with Gasteiger partial charge in [-0.25, -0.2) is 0 Å². The first-order valence-corrected chi connectivity index (χ1v) is 6.01. The molecule has 5 heteroatoms. The van der Waals surface area contributed by atoms with E-state index in [-0.39, 0.29) is 5.69 Å². The number of halogens is 1. The normalized spacial score (nSPS) is 12.2. The number of hydrogen-bond acceptors (Lipinski definition) is 3. The summed E-state index contributed by atoms with van der Waals surface area (Å²) in [6, 6.07) is 4.97. The van der Waals surface area contributed by atoms with Crippen LogP contribution in [0.15, 0.2) is 22.7 Å². The molecule has 4 nitrogen and oxygen atoms in total. The van der Waals surface area contributed by atoms with Crippen LogP contribution >= 0.6 is 15.9 Å². The molecule has 0 heterocycles. The summed E-state index contributed by atoms with van der Waals surface area (Å²) in [6.45, 7) is 5.17. The summed E-state index contributed by atoms with van der Waals surface area (Å²) in [6.07, 6.45) is 1.11. The Morgan fingerprint density at radius 3 is 2.75 bits per heavy atom. The zero-order valence-corrected chi connectivity index (χ0v) is 11.0. The first-order chi connectivity index (χ1) is 7.54. The number of nitro benzene ring substituents is 1. The van der Waals surface area contributed by atoms with Crippen LogP contribution in [0.2, 0.25) is 0 Å². The van der Waals surface area contributed by atoms with Crippen LogP contribution in [-0.4, -0.2) is 11.5 Å². The maximum absolute atomic E-state index is 10.6. The fourth-order valence-corrected chi connectivity index (χ4v) is 1.72. The number of hydrogen-bond donors (Lipinski definition) is 1. The van der Waals surface area contributed by atoms with Crippen LogP contribution in [0, 0.1) is 16.0 Å². The molecular weight excluding hydrogens is 272 g/mol. The molecule has 16 heavy (non-hydrogen) atoms. The topological polar surface area (TPSA) is 55.2 Å². The highest BCUT2D eigenvalue weighted by Crippen LogP contribution is 2.27. The van der Waals surface area contributed by atoms with Crippen molar-refractivity contribution in [1.82, 2.24) is 0 Å². The molecule has 0 aliphatic carbocycles. The molecule has 0 radical (unpaired) electrons. The molecule has 0 aromatic heterocycles. The average molecular weight is 287 g/mol. The van der Waals surface area contributed by atoms with Crippen molar-refractivity contribution in [3.05, 3.63) is 32.8 Å². The largest absolute Gasteiger partial charge is 0.385 e. The second-order valence-corrected chi connectivity index (χ2v) is 4.67. The van der Waals surface area contributed by atoms with E-state index in [0.717, 1.165) is 18.7 Å². The monoisotopic (exact) mass is 286 g/mol. The molecule has 88 valence electrons. The highest BCUT2D eigenvalue weighted by molar-refractivity contribution is 9.10. The zero-order valence-electron chi connectivity index (χ0n) is 9.37. The number of benzene rings is 1. The van der Waals surface area contributed by atoms with Crippen LogP contribution < -0.4 is 5.32 Å². The third-order valence-electron chi connectivity index (χ3n) is 2.50. The minimum atomic E-state index is -0.400. The maximum Gasteiger partial charge on any atom is 0.283 e. The van der Waals surface area contributed by atoms with Gasteiger partial charge in [-0.1, -0.05) is 20.3 Å². The molecule has 0 amide bonds. The van der Waals surface area contributed by atoms with Gasteiger partial charge in [-0.2, -0.15) is 0 Å². The lowest BCUT2D eigenvalue weighted by molar-refractivity contribution is -0.385. The van der Waals surface area contributed by atoms with E-state index in [4.69, 9.17) is 0 Å². The van der Waals surface area contributed by atoms with Crippen molar-refractivity contribution in [3.8, 4) is 0 Å². The molecule has 1 unspecified atom stereocenters. The van der Waals surface area contributed by atoms with Gasteiger partial charge in [0.25, 0.3) is 5.69 Å². The third-order valence-corrected chi connectivity index (χ3v) is 3.13. The van der Waals surface area contributed by atoms with Gasteiger partial charge in [0, 0.05) is 18.3 Å². The molecular formula is C11H15BrN2O2. The summed E-state index contributed by atoms with van der Waals surface area (Å²) in [7, 11) is 0. The quantitative estimate of drug-likeness (QED) is 0.661. The molecule has 0 aliphatic heterocycles. The van der Waals surface area contributed by atoms with Crippen molar-refractivity contribution >= 4 is 27.3 Å². The molecule has 1 aromatic rings. The number of nitrogens with one attached hydrogen (secondary N) is 1. The predicted octanol–water partition coefficient (Wildman–Crippen LogP) is 3.82. The Bertz CT molecular complexity index is 382. The van der Waals surface area contributed by atoms with Crippen LogP contribution in [-0.2, 0) is 0 Å². The highest BCUT2D eigenvalue weighted by Gasteiger charge is 2.11. The molecule has 1 N–H and O–H groups in total. The molecule has 0 fully saturated rings. The Kier molecular flexibility index (Phi) is 4.73. The molecule has 0 spiro atoms. The molecule has 0 bridgehead atoms. The zero-order chi connectivity index (χ0) is 12.1. The fraction of sp³-hybridized carbons (Fsp3) is 0.455. The van der Waals surface area contributed by atoms with E-state index in [9.17, 15) is 10.1 Å². The minimum absolute atomic E-state index is 0.0917. The first kappa shape index (κ1) is 13.0. The number of anilines is 1. The lowest BCUT2D eigenvalue weighted by Crippen LogP contribution is -2.10. The van der Waals surface area contributed by atoms with Gasteiger partial charge in [-0.05, 0) is 34.0 Å². The van der Waals surface area contributed by atoms with Crippen LogP contribution in [0.5, 0.6) is 0 Å². The highest BCUT2D eigenvalue weighted by atomic mass is 79.9. The Morgan fingerprint density at radius 1 is 1.56 bits per heavy atom. The van der Waals surface area contributed by atoms with Crippen LogP contribution in [0.3, 0.4) is 0 Å². The summed E-state index contributed by atoms with van der Waals surface area (Å²) >= 11 is 3.19. The van der Waals surface area contributed by atoms with Crippen molar-refractivity contribution in [3.63, 3.8) is 0 Å². The van der Waals surface area contributed by atoms with E-state index in [1.165, 1.54) is 6.07 Å². The van der Waals surface area contributed by atoms with Gasteiger partial charge in [0.1, 0.15) is 0 Å². The van der Waals surface area contributed by atoms with Gasteiger partial charge in [0.15, 0.2) is 0 Å². The minimum Gasteiger partial charge on any atom is -0.385 e. The molecule has 0 aliphatic rings. The average Bonchev–Trinajstić information content (AvgIpc) is 2.25. The molecule has 1 atom stereocenters. The SMILES string of the molecule is CCC(C)CNc1ccc([N+](=O)[O-])c(Br)c1. The summed E-state index contributed by atoms with van der Waals surface area (Å²) < 4.78 is 0.506. The molecule has 1 rings (SSSR count). The molecule has 0 saturated heterocycles. The number of nitrogens with zero attached hydrogens (tertiary/aromatic N) is 1. The van der Waals surface area contributed by atoms with Gasteiger partial charge >= 0.3 is 0 Å². The van der Waals surface area contributed by atoms with E-state index in [1.807, 2.05) is 0 Å². The first-order valence-electron chi connectivity index (χ1n) is 5.22. The van der Waals surface area contributed by atoms with Crippen LogP contribution in [0.4, 0.5) is 11.4 Å². The summed E-state index contributed by atoms with van der Waals surface area (Å²) in [5.74, 6) is 0.592. The second kappa shape index (κ2) is 5.84. The maximum atomic E-state index is 10.6. The van der Waals surface area contributed by atoms with E-state index in [1.54, 1.807) is 12.1 Å². The lowest BCUT2D eigenvalue weighted by atomic mass is 10.1. The predicted molar refractivity (Wildman–Crippen MR) is 68.7 cm³/mol. The summed E-state index contributed by atoms with van der Waals surface area (Å²) in [5, 5.41) is 13.9. The van der Waals surface area contributed by atoms with Gasteiger partial charge < -0.3 is 5.32 Å². The fourth-order valence-electron chi connectivity index (χ4n) is 1.20. The van der Waals surface area contributed by atoms with Crippen molar-refractivity contribution in [1.29, 1.82) is 0 Å². The Hall–Kier alpha value is -1.10. The van der Waals surface area contributed by atoms with Crippen molar-refractivity contribution in [2.24, 2.45) is 5.92 Å². The van der Waals surface area contributed by atoms with Gasteiger partial charge in [0.05, 0.1) is 9.40 Å². The van der Waals surface area contributed by atoms with Crippen LogP contribution in [0.25, 0.3) is 0 Å². The van der Waals surface area contributed by atoms with E-state index < -0.39 is 4.92 Å². The van der Waals surface area contributed by atoms with E-state index >= 15 is 0 Å². The number of nitro groups is 1. The second-order valence-electron chi connectivity index (χ2n) is 3.82. The summed E-state index contributed by atoms with van der Waals surface area (Å²) in [4.78, 5) is 10.2. The van der Waals surface area contributed by atoms with Crippen molar-refractivity contribution in [2.75, 3.05) is 11.9 Å². The van der Waals surface area contributed by atoms with E-state index in [0.29, 0.717) is 10.4 Å². The molecule has 0 saturated carbocycles. The van der Waals surface area contributed by atoms with Gasteiger partial charge in [0.2, 0.25) is 0 Å². The number of rotatable bonds is 5. The third kappa shape index (κ3) is 3.48. The lowest BCUT2D eigenvalue weighted by Gasteiger charge is -2.11. The Labute approximate surface area is 103 Å². The Morgan fingerprint density at radius 2 is 2.25 bits per heavy atom. The van der Waals surface area contributed by atoms with Gasteiger partial charge in [-0.3, -0.25) is 10.1 Å².